The van der Waals surface area contributed by atoms with Gasteiger partial charge in [-0.25, -0.2) is 0 Å². The lowest BCUT2D eigenvalue weighted by Gasteiger charge is -2.21. The number of ether oxygens (including phenoxy) is 2. The SMILES string of the molecule is c1ccc2c(-c3c(OCc4ccc5ccc6cccc7ccc4c5c67)ccc4ccccc34)c(OCc3ccc4ccc5cccc6ccc3c4c56)ccc2c1. The summed E-state index contributed by atoms with van der Waals surface area (Å²) in [6.45, 7) is 0.867. The Morgan fingerprint density at radius 3 is 1.04 bits per heavy atom. The number of hydrogen-bond acceptors (Lipinski definition) is 2. The zero-order chi connectivity index (χ0) is 36.7. The summed E-state index contributed by atoms with van der Waals surface area (Å²) in [5.41, 5.74) is 4.42. The molecular weight excluding hydrogens is 681 g/mol. The first kappa shape index (κ1) is 31.2. The molecule has 0 bridgehead atoms. The summed E-state index contributed by atoms with van der Waals surface area (Å²) >= 11 is 0. The molecule has 0 aliphatic rings. The van der Waals surface area contributed by atoms with Crippen LogP contribution in [0.25, 0.3) is 97.3 Å². The maximum atomic E-state index is 7.01. The summed E-state index contributed by atoms with van der Waals surface area (Å²) in [6, 6.07) is 65.9. The lowest BCUT2D eigenvalue weighted by molar-refractivity contribution is 0.305. The second kappa shape index (κ2) is 12.2. The quantitative estimate of drug-likeness (QED) is 0.153. The van der Waals surface area contributed by atoms with Gasteiger partial charge in [0.25, 0.3) is 0 Å². The highest BCUT2D eigenvalue weighted by molar-refractivity contribution is 6.24. The molecule has 0 atom stereocenters. The van der Waals surface area contributed by atoms with Crippen molar-refractivity contribution in [3.63, 3.8) is 0 Å². The summed E-state index contributed by atoms with van der Waals surface area (Å²) < 4.78 is 14.0. The van der Waals surface area contributed by atoms with E-state index in [1.165, 1.54) is 75.8 Å². The van der Waals surface area contributed by atoms with E-state index in [0.717, 1.165) is 44.2 Å². The van der Waals surface area contributed by atoms with Crippen LogP contribution in [0.5, 0.6) is 11.5 Å². The predicted molar refractivity (Wildman–Crippen MR) is 236 cm³/mol. The van der Waals surface area contributed by atoms with Crippen molar-refractivity contribution in [1.82, 2.24) is 0 Å². The highest BCUT2D eigenvalue weighted by atomic mass is 16.5. The first-order valence-electron chi connectivity index (χ1n) is 19.4. The Balaban J connectivity index is 0.997. The molecule has 0 spiro atoms. The second-order valence-corrected chi connectivity index (χ2v) is 15.1. The van der Waals surface area contributed by atoms with Gasteiger partial charge in [0, 0.05) is 11.1 Å². The minimum absolute atomic E-state index is 0.434. The normalized spacial score (nSPS) is 12.1. The van der Waals surface area contributed by atoms with Crippen LogP contribution in [0.1, 0.15) is 11.1 Å². The molecule has 0 saturated heterocycles. The highest BCUT2D eigenvalue weighted by Crippen LogP contribution is 2.47. The van der Waals surface area contributed by atoms with Crippen molar-refractivity contribution in [3.05, 3.63) is 193 Å². The third kappa shape index (κ3) is 4.69. The third-order valence-electron chi connectivity index (χ3n) is 12.0. The Morgan fingerprint density at radius 1 is 0.250 bits per heavy atom. The highest BCUT2D eigenvalue weighted by Gasteiger charge is 2.21. The van der Waals surface area contributed by atoms with Gasteiger partial charge in [0.05, 0.1) is 0 Å². The average Bonchev–Trinajstić information content (AvgIpc) is 3.26. The van der Waals surface area contributed by atoms with E-state index in [1.54, 1.807) is 0 Å². The Hall–Kier alpha value is -7.16. The number of rotatable bonds is 7. The first-order valence-corrected chi connectivity index (χ1v) is 19.4. The molecule has 0 fully saturated rings. The van der Waals surface area contributed by atoms with Crippen LogP contribution in [-0.4, -0.2) is 0 Å². The van der Waals surface area contributed by atoms with Crippen LogP contribution in [0.3, 0.4) is 0 Å². The molecule has 0 heterocycles. The summed E-state index contributed by atoms with van der Waals surface area (Å²) in [5.74, 6) is 1.66. The van der Waals surface area contributed by atoms with Gasteiger partial charge in [-0.3, -0.25) is 0 Å². The fourth-order valence-corrected chi connectivity index (χ4v) is 9.41. The molecular formula is C54H34O2. The topological polar surface area (TPSA) is 18.5 Å². The van der Waals surface area contributed by atoms with Gasteiger partial charge in [-0.2, -0.15) is 0 Å². The fraction of sp³-hybridized carbons (Fsp3) is 0.0370. The minimum atomic E-state index is 0.434. The van der Waals surface area contributed by atoms with E-state index in [4.69, 9.17) is 9.47 Å². The monoisotopic (exact) mass is 714 g/mol. The fourth-order valence-electron chi connectivity index (χ4n) is 9.41. The maximum absolute atomic E-state index is 7.01. The molecule has 0 aliphatic heterocycles. The largest absolute Gasteiger partial charge is 0.488 e. The molecule has 2 nitrogen and oxygen atoms in total. The Kier molecular flexibility index (Phi) is 6.79. The lowest BCUT2D eigenvalue weighted by Crippen LogP contribution is -2.02. The molecule has 0 aliphatic carbocycles. The van der Waals surface area contributed by atoms with Crippen LogP contribution in [0.2, 0.25) is 0 Å². The van der Waals surface area contributed by atoms with E-state index in [2.05, 4.69) is 182 Å². The molecule has 56 heavy (non-hydrogen) atoms. The van der Waals surface area contributed by atoms with Gasteiger partial charge in [-0.1, -0.05) is 170 Å². The Labute approximate surface area is 323 Å². The average molecular weight is 715 g/mol. The molecule has 12 aromatic rings. The summed E-state index contributed by atoms with van der Waals surface area (Å²) in [6.07, 6.45) is 0. The molecule has 12 rings (SSSR count). The van der Waals surface area contributed by atoms with Crippen molar-refractivity contribution in [3.8, 4) is 22.6 Å². The summed E-state index contributed by atoms with van der Waals surface area (Å²) in [5, 5.41) is 19.8. The van der Waals surface area contributed by atoms with Crippen LogP contribution in [0.15, 0.2) is 182 Å². The first-order chi connectivity index (χ1) is 27.8. The van der Waals surface area contributed by atoms with Crippen molar-refractivity contribution in [1.29, 1.82) is 0 Å². The summed E-state index contributed by atoms with van der Waals surface area (Å²) in [7, 11) is 0. The van der Waals surface area contributed by atoms with Crippen LogP contribution in [0.4, 0.5) is 0 Å². The molecule has 262 valence electrons. The number of fused-ring (bicyclic) bond motifs is 2. The lowest BCUT2D eigenvalue weighted by atomic mass is 9.91. The number of benzene rings is 12. The second-order valence-electron chi connectivity index (χ2n) is 15.1. The van der Waals surface area contributed by atoms with Crippen molar-refractivity contribution >= 4 is 86.2 Å². The van der Waals surface area contributed by atoms with Crippen molar-refractivity contribution < 1.29 is 9.47 Å². The smallest absolute Gasteiger partial charge is 0.128 e. The van der Waals surface area contributed by atoms with Gasteiger partial charge < -0.3 is 9.47 Å². The zero-order valence-corrected chi connectivity index (χ0v) is 30.6. The van der Waals surface area contributed by atoms with Crippen molar-refractivity contribution in [2.45, 2.75) is 13.2 Å². The van der Waals surface area contributed by atoms with Gasteiger partial charge in [0.2, 0.25) is 0 Å². The van der Waals surface area contributed by atoms with Crippen LogP contribution >= 0.6 is 0 Å². The van der Waals surface area contributed by atoms with E-state index in [1.807, 2.05) is 0 Å². The molecule has 12 aromatic carbocycles. The van der Waals surface area contributed by atoms with E-state index < -0.39 is 0 Å². The Bertz CT molecular complexity index is 3220. The van der Waals surface area contributed by atoms with Crippen LogP contribution in [0, 0.1) is 0 Å². The zero-order valence-electron chi connectivity index (χ0n) is 30.6. The molecule has 0 radical (unpaired) electrons. The van der Waals surface area contributed by atoms with E-state index in [-0.39, 0.29) is 0 Å². The van der Waals surface area contributed by atoms with E-state index >= 15 is 0 Å². The molecule has 0 unspecified atom stereocenters. The molecule has 2 heteroatoms. The van der Waals surface area contributed by atoms with E-state index in [9.17, 15) is 0 Å². The standard InChI is InChI=1S/C54H34O2/c1-3-13-43-33(7-1)25-29-47(55-31-41-21-19-39-17-15-35-9-5-11-37-23-27-45(41)51(39)49(35)37)53(43)54-44-14-4-2-8-34(44)26-30-48(54)56-32-42-22-20-40-18-16-36-10-6-12-38-24-28-46(42)52(40)50(36)38/h1-30H,31-32H2. The van der Waals surface area contributed by atoms with Gasteiger partial charge in [0.1, 0.15) is 24.7 Å². The van der Waals surface area contributed by atoms with Gasteiger partial charge in [-0.15, -0.1) is 0 Å². The Morgan fingerprint density at radius 2 is 0.589 bits per heavy atom. The van der Waals surface area contributed by atoms with Crippen molar-refractivity contribution in [2.24, 2.45) is 0 Å². The van der Waals surface area contributed by atoms with Crippen molar-refractivity contribution in [2.75, 3.05) is 0 Å². The van der Waals surface area contributed by atoms with Gasteiger partial charge >= 0.3 is 0 Å². The molecule has 0 N–H and O–H groups in total. The number of hydrogen-bond donors (Lipinski definition) is 0. The summed E-state index contributed by atoms with van der Waals surface area (Å²) in [4.78, 5) is 0. The third-order valence-corrected chi connectivity index (χ3v) is 12.0. The van der Waals surface area contributed by atoms with Crippen LogP contribution < -0.4 is 9.47 Å². The predicted octanol–water partition coefficient (Wildman–Crippen LogP) is 14.6. The molecule has 0 amide bonds. The van der Waals surface area contributed by atoms with Gasteiger partial charge in [-0.05, 0) is 109 Å². The van der Waals surface area contributed by atoms with Crippen LogP contribution in [-0.2, 0) is 13.2 Å². The maximum Gasteiger partial charge on any atom is 0.128 e. The van der Waals surface area contributed by atoms with Gasteiger partial charge in [0.15, 0.2) is 0 Å². The van der Waals surface area contributed by atoms with E-state index in [0.29, 0.717) is 13.2 Å². The molecule has 0 saturated carbocycles. The molecule has 0 aromatic heterocycles. The minimum Gasteiger partial charge on any atom is -0.488 e.